The molecule has 1 amide bonds. The van der Waals surface area contributed by atoms with Gasteiger partial charge in [-0.1, -0.05) is 29.8 Å². The highest BCUT2D eigenvalue weighted by Crippen LogP contribution is 2.29. The number of hydrogen-bond donors (Lipinski definition) is 1. The van der Waals surface area contributed by atoms with Gasteiger partial charge in [0.05, 0.1) is 20.3 Å². The highest BCUT2D eigenvalue weighted by Gasteiger charge is 2.16. The zero-order chi connectivity index (χ0) is 21.5. The summed E-state index contributed by atoms with van der Waals surface area (Å²) >= 11 is 1.79. The highest BCUT2D eigenvalue weighted by atomic mass is 32.2. The van der Waals surface area contributed by atoms with Crippen LogP contribution < -0.4 is 14.8 Å². The smallest absolute Gasteiger partial charge is 0.251 e. The number of thioether (sulfide) groups is 1. The lowest BCUT2D eigenvalue weighted by molar-refractivity contribution is 0.0939. The van der Waals surface area contributed by atoms with E-state index in [4.69, 9.17) is 9.47 Å². The second kappa shape index (κ2) is 10.2. The predicted molar refractivity (Wildman–Crippen MR) is 123 cm³/mol. The number of amides is 1. The number of methoxy groups -OCH3 is 2. The summed E-state index contributed by atoms with van der Waals surface area (Å²) in [5, 5.41) is 3.04. The minimum atomic E-state index is -0.223. The minimum absolute atomic E-state index is 0.120. The Balaban J connectivity index is 1.62. The maximum Gasteiger partial charge on any atom is 0.251 e. The summed E-state index contributed by atoms with van der Waals surface area (Å²) in [5.41, 5.74) is 3.94. The maximum atomic E-state index is 12.7. The fourth-order valence-corrected chi connectivity index (χ4v) is 3.94. The number of carbonyl (C=O) groups excluding carboxylic acids is 1. The van der Waals surface area contributed by atoms with Gasteiger partial charge in [-0.05, 0) is 61.9 Å². The SMILES string of the molecule is COc1ccc(OC)c([C@H](C)NC(=O)c2ccc(CSc3ccc(C)cc3)cc2)c1. The molecule has 0 heterocycles. The van der Waals surface area contributed by atoms with Crippen LogP contribution in [0.3, 0.4) is 0 Å². The largest absolute Gasteiger partial charge is 0.497 e. The van der Waals surface area contributed by atoms with Crippen molar-refractivity contribution in [2.24, 2.45) is 0 Å². The lowest BCUT2D eigenvalue weighted by atomic mass is 10.1. The number of hydrogen-bond acceptors (Lipinski definition) is 4. The average Bonchev–Trinajstić information content (AvgIpc) is 2.78. The molecule has 0 spiro atoms. The molecule has 0 aliphatic carbocycles. The first-order valence-corrected chi connectivity index (χ1v) is 10.8. The molecule has 0 aromatic heterocycles. The van der Waals surface area contributed by atoms with Crippen LogP contribution in [0.2, 0.25) is 0 Å². The first-order chi connectivity index (χ1) is 14.5. The van der Waals surface area contributed by atoms with Gasteiger partial charge in [0.2, 0.25) is 0 Å². The van der Waals surface area contributed by atoms with Crippen LogP contribution in [0.5, 0.6) is 11.5 Å². The first kappa shape index (κ1) is 21.8. The number of ether oxygens (including phenoxy) is 2. The van der Waals surface area contributed by atoms with E-state index in [-0.39, 0.29) is 11.9 Å². The van der Waals surface area contributed by atoms with Gasteiger partial charge in [-0.2, -0.15) is 0 Å². The van der Waals surface area contributed by atoms with Crippen molar-refractivity contribution >= 4 is 17.7 Å². The summed E-state index contributed by atoms with van der Waals surface area (Å²) in [4.78, 5) is 14.0. The molecule has 3 rings (SSSR count). The molecule has 30 heavy (non-hydrogen) atoms. The summed E-state index contributed by atoms with van der Waals surface area (Å²) in [5.74, 6) is 2.18. The lowest BCUT2D eigenvalue weighted by Gasteiger charge is -2.18. The van der Waals surface area contributed by atoms with E-state index in [2.05, 4.69) is 36.5 Å². The van der Waals surface area contributed by atoms with Crippen LogP contribution in [0.15, 0.2) is 71.6 Å². The molecule has 3 aromatic rings. The quantitative estimate of drug-likeness (QED) is 0.467. The molecule has 0 aliphatic rings. The Hall–Kier alpha value is -2.92. The van der Waals surface area contributed by atoms with Crippen molar-refractivity contribution < 1.29 is 14.3 Å². The molecule has 156 valence electrons. The molecule has 0 radical (unpaired) electrons. The predicted octanol–water partition coefficient (Wildman–Crippen LogP) is 5.80. The average molecular weight is 422 g/mol. The van der Waals surface area contributed by atoms with Crippen LogP contribution in [-0.2, 0) is 5.75 Å². The Kier molecular flexibility index (Phi) is 7.41. The van der Waals surface area contributed by atoms with Gasteiger partial charge in [0.1, 0.15) is 11.5 Å². The summed E-state index contributed by atoms with van der Waals surface area (Å²) in [6.07, 6.45) is 0. The molecule has 0 bridgehead atoms. The normalized spacial score (nSPS) is 11.6. The molecule has 1 N–H and O–H groups in total. The van der Waals surface area contributed by atoms with Crippen LogP contribution in [-0.4, -0.2) is 20.1 Å². The molecule has 0 unspecified atom stereocenters. The third-order valence-electron chi connectivity index (χ3n) is 4.89. The fourth-order valence-electron chi connectivity index (χ4n) is 3.09. The monoisotopic (exact) mass is 421 g/mol. The Morgan fingerprint density at radius 2 is 1.67 bits per heavy atom. The number of aryl methyl sites for hydroxylation is 1. The van der Waals surface area contributed by atoms with Gasteiger partial charge in [-0.25, -0.2) is 0 Å². The minimum Gasteiger partial charge on any atom is -0.497 e. The van der Waals surface area contributed by atoms with Crippen LogP contribution in [0.1, 0.15) is 40.0 Å². The summed E-state index contributed by atoms with van der Waals surface area (Å²) in [7, 11) is 3.24. The van der Waals surface area contributed by atoms with Gasteiger partial charge < -0.3 is 14.8 Å². The van der Waals surface area contributed by atoms with Gasteiger partial charge in [0.15, 0.2) is 0 Å². The fraction of sp³-hybridized carbons (Fsp3) is 0.240. The van der Waals surface area contributed by atoms with Crippen molar-refractivity contribution in [1.29, 1.82) is 0 Å². The van der Waals surface area contributed by atoms with Gasteiger partial charge in [-0.3, -0.25) is 4.79 Å². The Bertz CT molecular complexity index is 984. The van der Waals surface area contributed by atoms with Crippen molar-refractivity contribution in [3.8, 4) is 11.5 Å². The molecule has 1 atom stereocenters. The van der Waals surface area contributed by atoms with Crippen LogP contribution in [0.4, 0.5) is 0 Å². The second-order valence-corrected chi connectivity index (χ2v) is 8.15. The van der Waals surface area contributed by atoms with E-state index in [0.29, 0.717) is 11.3 Å². The summed E-state index contributed by atoms with van der Waals surface area (Å²) in [6.45, 7) is 4.02. The topological polar surface area (TPSA) is 47.6 Å². The number of rotatable bonds is 8. The Morgan fingerprint density at radius 3 is 2.30 bits per heavy atom. The molecule has 0 saturated heterocycles. The standard InChI is InChI=1S/C25H27NO3S/c1-17-5-12-22(13-6-17)30-16-19-7-9-20(10-8-19)25(27)26-18(2)23-15-21(28-3)11-14-24(23)29-4/h5-15,18H,16H2,1-4H3,(H,26,27)/t18-/m0/s1. The molecule has 3 aromatic carbocycles. The van der Waals surface area contributed by atoms with Gasteiger partial charge in [0, 0.05) is 21.8 Å². The Morgan fingerprint density at radius 1 is 0.967 bits per heavy atom. The summed E-state index contributed by atoms with van der Waals surface area (Å²) < 4.78 is 10.7. The van der Waals surface area contributed by atoms with E-state index in [1.165, 1.54) is 16.0 Å². The van der Waals surface area contributed by atoms with E-state index in [1.807, 2.05) is 49.4 Å². The van der Waals surface area contributed by atoms with Crippen LogP contribution in [0.25, 0.3) is 0 Å². The van der Waals surface area contributed by atoms with E-state index >= 15 is 0 Å². The van der Waals surface area contributed by atoms with Gasteiger partial charge in [0.25, 0.3) is 5.91 Å². The van der Waals surface area contributed by atoms with Gasteiger partial charge in [-0.15, -0.1) is 11.8 Å². The van der Waals surface area contributed by atoms with Crippen LogP contribution in [0, 0.1) is 6.92 Å². The second-order valence-electron chi connectivity index (χ2n) is 7.10. The third-order valence-corrected chi connectivity index (χ3v) is 5.98. The molecule has 0 saturated carbocycles. The molecule has 5 heteroatoms. The number of benzene rings is 3. The maximum absolute atomic E-state index is 12.7. The first-order valence-electron chi connectivity index (χ1n) is 9.81. The van der Waals surface area contributed by atoms with Gasteiger partial charge >= 0.3 is 0 Å². The zero-order valence-electron chi connectivity index (χ0n) is 17.8. The third kappa shape index (κ3) is 5.57. The van der Waals surface area contributed by atoms with E-state index in [0.717, 1.165) is 17.1 Å². The van der Waals surface area contributed by atoms with Crippen molar-refractivity contribution in [3.63, 3.8) is 0 Å². The highest BCUT2D eigenvalue weighted by molar-refractivity contribution is 7.98. The number of carbonyl (C=O) groups is 1. The van der Waals surface area contributed by atoms with Crippen LogP contribution >= 0.6 is 11.8 Å². The summed E-state index contributed by atoms with van der Waals surface area (Å²) in [6, 6.07) is 21.6. The van der Waals surface area contributed by atoms with Crippen molar-refractivity contribution in [1.82, 2.24) is 5.32 Å². The zero-order valence-corrected chi connectivity index (χ0v) is 18.6. The molecule has 0 fully saturated rings. The molecule has 4 nitrogen and oxygen atoms in total. The number of nitrogens with one attached hydrogen (secondary N) is 1. The van der Waals surface area contributed by atoms with Crippen molar-refractivity contribution in [2.75, 3.05) is 14.2 Å². The van der Waals surface area contributed by atoms with Crippen molar-refractivity contribution in [2.45, 2.75) is 30.5 Å². The van der Waals surface area contributed by atoms with E-state index in [1.54, 1.807) is 26.0 Å². The van der Waals surface area contributed by atoms with E-state index < -0.39 is 0 Å². The van der Waals surface area contributed by atoms with Crippen molar-refractivity contribution in [3.05, 3.63) is 89.0 Å². The molecule has 0 aliphatic heterocycles. The molecular formula is C25H27NO3S. The molecular weight excluding hydrogens is 394 g/mol. The lowest BCUT2D eigenvalue weighted by Crippen LogP contribution is -2.27. The van der Waals surface area contributed by atoms with E-state index in [9.17, 15) is 4.79 Å². The Labute approximate surface area is 182 Å².